The van der Waals surface area contributed by atoms with Crippen molar-refractivity contribution in [1.29, 1.82) is 0 Å². The molecule has 0 atom stereocenters. The van der Waals surface area contributed by atoms with Gasteiger partial charge < -0.3 is 4.98 Å². The Labute approximate surface area is 116 Å². The molecule has 0 saturated carbocycles. The number of fused-ring (bicyclic) bond motifs is 1. The number of aromatic nitrogens is 3. The third-order valence-electron chi connectivity index (χ3n) is 2.83. The highest BCUT2D eigenvalue weighted by Gasteiger charge is 2.10. The Hall–Kier alpha value is -2.41. The Kier molecular flexibility index (Phi) is 2.90. The Balaban J connectivity index is 2.39. The van der Waals surface area contributed by atoms with E-state index in [0.717, 1.165) is 16.7 Å². The molecule has 3 rings (SSSR count). The second kappa shape index (κ2) is 4.61. The first-order valence-corrected chi connectivity index (χ1v) is 6.04. The summed E-state index contributed by atoms with van der Waals surface area (Å²) in [6, 6.07) is 6.33. The van der Waals surface area contributed by atoms with Crippen LogP contribution < -0.4 is 5.56 Å². The minimum absolute atomic E-state index is 0.0622. The standard InChI is InChI=1S/C13H7F2N3OS/c14-9-4-3-7(6-10(9)15)18-12(19)8-2-1-5-16-11(8)17-13(18)20/h1-6H,(H,16,17,20). The van der Waals surface area contributed by atoms with Gasteiger partial charge in [-0.2, -0.15) is 0 Å². The second-order valence-electron chi connectivity index (χ2n) is 4.07. The van der Waals surface area contributed by atoms with E-state index in [-0.39, 0.29) is 10.5 Å². The third-order valence-corrected chi connectivity index (χ3v) is 3.12. The van der Waals surface area contributed by atoms with Crippen LogP contribution >= 0.6 is 12.2 Å². The Morgan fingerprint density at radius 2 is 2.00 bits per heavy atom. The summed E-state index contributed by atoms with van der Waals surface area (Å²) in [5.74, 6) is -2.03. The van der Waals surface area contributed by atoms with E-state index >= 15 is 0 Å². The molecule has 2 heterocycles. The van der Waals surface area contributed by atoms with E-state index < -0.39 is 17.2 Å². The van der Waals surface area contributed by atoms with Crippen molar-refractivity contribution < 1.29 is 8.78 Å². The minimum atomic E-state index is -1.05. The molecule has 1 aromatic carbocycles. The number of rotatable bonds is 1. The van der Waals surface area contributed by atoms with Crippen molar-refractivity contribution in [2.24, 2.45) is 0 Å². The van der Waals surface area contributed by atoms with Gasteiger partial charge in [-0.05, 0) is 36.5 Å². The molecule has 0 radical (unpaired) electrons. The van der Waals surface area contributed by atoms with Crippen molar-refractivity contribution >= 4 is 23.3 Å². The molecule has 2 aromatic heterocycles. The largest absolute Gasteiger partial charge is 0.316 e. The first-order valence-electron chi connectivity index (χ1n) is 5.63. The molecule has 0 aliphatic rings. The molecule has 4 nitrogen and oxygen atoms in total. The fourth-order valence-electron chi connectivity index (χ4n) is 1.91. The lowest BCUT2D eigenvalue weighted by Crippen LogP contribution is -2.21. The summed E-state index contributed by atoms with van der Waals surface area (Å²) in [7, 11) is 0. The van der Waals surface area contributed by atoms with Crippen molar-refractivity contribution in [2.45, 2.75) is 0 Å². The van der Waals surface area contributed by atoms with Gasteiger partial charge in [0.15, 0.2) is 16.4 Å². The van der Waals surface area contributed by atoms with Gasteiger partial charge in [-0.3, -0.25) is 9.36 Å². The highest BCUT2D eigenvalue weighted by molar-refractivity contribution is 7.71. The van der Waals surface area contributed by atoms with Gasteiger partial charge in [0.25, 0.3) is 5.56 Å². The molecule has 0 saturated heterocycles. The molecule has 7 heteroatoms. The Morgan fingerprint density at radius 1 is 1.20 bits per heavy atom. The Bertz CT molecular complexity index is 933. The number of hydrogen-bond donors (Lipinski definition) is 1. The average Bonchev–Trinajstić information content (AvgIpc) is 2.43. The van der Waals surface area contributed by atoms with E-state index in [1.54, 1.807) is 12.1 Å². The number of benzene rings is 1. The van der Waals surface area contributed by atoms with E-state index in [4.69, 9.17) is 12.2 Å². The zero-order valence-electron chi connectivity index (χ0n) is 9.93. The third kappa shape index (κ3) is 1.92. The normalized spacial score (nSPS) is 10.9. The maximum Gasteiger partial charge on any atom is 0.268 e. The summed E-state index contributed by atoms with van der Waals surface area (Å²) >= 11 is 5.08. The summed E-state index contributed by atoms with van der Waals surface area (Å²) in [5.41, 5.74) is 0.0603. The molecule has 3 aromatic rings. The van der Waals surface area contributed by atoms with Gasteiger partial charge in [0.05, 0.1) is 11.1 Å². The van der Waals surface area contributed by atoms with E-state index in [9.17, 15) is 13.6 Å². The first kappa shape index (κ1) is 12.6. The van der Waals surface area contributed by atoms with Crippen LogP contribution in [0.3, 0.4) is 0 Å². The first-order chi connectivity index (χ1) is 9.58. The van der Waals surface area contributed by atoms with Crippen LogP contribution in [0.4, 0.5) is 8.78 Å². The molecule has 20 heavy (non-hydrogen) atoms. The number of pyridine rings is 1. The van der Waals surface area contributed by atoms with Gasteiger partial charge in [-0.1, -0.05) is 0 Å². The molecular formula is C13H7F2N3OS. The number of nitrogens with zero attached hydrogens (tertiary/aromatic N) is 2. The molecule has 0 aliphatic heterocycles. The van der Waals surface area contributed by atoms with Crippen LogP contribution in [0, 0.1) is 16.4 Å². The monoisotopic (exact) mass is 291 g/mol. The van der Waals surface area contributed by atoms with E-state index in [2.05, 4.69) is 9.97 Å². The molecular weight excluding hydrogens is 284 g/mol. The smallest absolute Gasteiger partial charge is 0.268 e. The second-order valence-corrected chi connectivity index (χ2v) is 4.46. The Morgan fingerprint density at radius 3 is 2.75 bits per heavy atom. The number of halogens is 2. The lowest BCUT2D eigenvalue weighted by atomic mass is 10.3. The van der Waals surface area contributed by atoms with Crippen molar-refractivity contribution in [1.82, 2.24) is 14.5 Å². The van der Waals surface area contributed by atoms with Gasteiger partial charge in [0.2, 0.25) is 0 Å². The zero-order chi connectivity index (χ0) is 14.3. The SMILES string of the molecule is O=c1c2cccnc2[nH]c(=S)n1-c1ccc(F)c(F)c1. The maximum atomic E-state index is 13.3. The fourth-order valence-corrected chi connectivity index (χ4v) is 2.19. The summed E-state index contributed by atoms with van der Waals surface area (Å²) in [6.07, 6.45) is 1.52. The molecule has 0 amide bonds. The van der Waals surface area contributed by atoms with Crippen LogP contribution in [0.25, 0.3) is 16.7 Å². The van der Waals surface area contributed by atoms with Gasteiger partial charge in [-0.25, -0.2) is 13.8 Å². The van der Waals surface area contributed by atoms with Gasteiger partial charge in [0, 0.05) is 12.3 Å². The van der Waals surface area contributed by atoms with Crippen molar-refractivity contribution in [3.05, 3.63) is 63.3 Å². The van der Waals surface area contributed by atoms with Crippen LogP contribution in [0.2, 0.25) is 0 Å². The predicted molar refractivity (Wildman–Crippen MR) is 72.4 cm³/mol. The highest BCUT2D eigenvalue weighted by Crippen LogP contribution is 2.13. The lowest BCUT2D eigenvalue weighted by molar-refractivity contribution is 0.508. The van der Waals surface area contributed by atoms with Crippen LogP contribution in [-0.2, 0) is 0 Å². The van der Waals surface area contributed by atoms with Crippen LogP contribution in [0.1, 0.15) is 0 Å². The summed E-state index contributed by atoms with van der Waals surface area (Å²) in [5, 5.41) is 0.311. The number of hydrogen-bond acceptors (Lipinski definition) is 3. The number of nitrogens with one attached hydrogen (secondary N) is 1. The molecule has 0 bridgehead atoms. The van der Waals surface area contributed by atoms with E-state index in [1.165, 1.54) is 12.3 Å². The molecule has 0 aliphatic carbocycles. The number of H-pyrrole nitrogens is 1. The molecule has 1 N–H and O–H groups in total. The highest BCUT2D eigenvalue weighted by atomic mass is 32.1. The van der Waals surface area contributed by atoms with E-state index in [1.807, 2.05) is 0 Å². The van der Waals surface area contributed by atoms with Gasteiger partial charge >= 0.3 is 0 Å². The van der Waals surface area contributed by atoms with Crippen molar-refractivity contribution in [3.8, 4) is 5.69 Å². The predicted octanol–water partition coefficient (Wildman–Crippen LogP) is 2.72. The topological polar surface area (TPSA) is 50.7 Å². The molecule has 0 unspecified atom stereocenters. The van der Waals surface area contributed by atoms with Gasteiger partial charge in [0.1, 0.15) is 5.65 Å². The van der Waals surface area contributed by atoms with Crippen molar-refractivity contribution in [2.75, 3.05) is 0 Å². The summed E-state index contributed by atoms with van der Waals surface area (Å²) < 4.78 is 27.4. The molecule has 100 valence electrons. The maximum absolute atomic E-state index is 13.3. The van der Waals surface area contributed by atoms with Crippen LogP contribution in [-0.4, -0.2) is 14.5 Å². The fraction of sp³-hybridized carbons (Fsp3) is 0. The van der Waals surface area contributed by atoms with Gasteiger partial charge in [-0.15, -0.1) is 0 Å². The summed E-state index contributed by atoms with van der Waals surface area (Å²) in [6.45, 7) is 0. The average molecular weight is 291 g/mol. The van der Waals surface area contributed by atoms with Crippen molar-refractivity contribution in [3.63, 3.8) is 0 Å². The van der Waals surface area contributed by atoms with Crippen LogP contribution in [0.15, 0.2) is 41.3 Å². The van der Waals surface area contributed by atoms with Crippen LogP contribution in [0.5, 0.6) is 0 Å². The minimum Gasteiger partial charge on any atom is -0.316 e. The quantitative estimate of drug-likeness (QED) is 0.701. The van der Waals surface area contributed by atoms with E-state index in [0.29, 0.717) is 11.0 Å². The number of aromatic amines is 1. The zero-order valence-corrected chi connectivity index (χ0v) is 10.7. The molecule has 0 spiro atoms. The lowest BCUT2D eigenvalue weighted by Gasteiger charge is -2.07. The summed E-state index contributed by atoms with van der Waals surface area (Å²) in [4.78, 5) is 19.1. The molecule has 0 fully saturated rings.